The van der Waals surface area contributed by atoms with Crippen LogP contribution in [0.3, 0.4) is 0 Å². The predicted octanol–water partition coefficient (Wildman–Crippen LogP) is 0.627. The number of carboxylic acid groups (broad SMARTS) is 1. The topological polar surface area (TPSA) is 59.3 Å². The Morgan fingerprint density at radius 3 is 2.90 bits per heavy atom. The Kier molecular flexibility index (Phi) is 1.53. The van der Waals surface area contributed by atoms with Crippen molar-refractivity contribution < 1.29 is 14.7 Å². The zero-order valence-corrected chi connectivity index (χ0v) is 4.94. The lowest BCUT2D eigenvalue weighted by Gasteiger charge is -1.92. The highest BCUT2D eigenvalue weighted by atomic mass is 16.4. The standard InChI is InChI=1S/C6H4NO3/c8-4-5-2-1-3-7(5)6(9)10/h1-2,4H,(H,9,10). The molecule has 4 heteroatoms. The molecule has 0 spiro atoms. The molecule has 0 amide bonds. The van der Waals surface area contributed by atoms with Crippen LogP contribution in [0.2, 0.25) is 0 Å². The van der Waals surface area contributed by atoms with E-state index in [-0.39, 0.29) is 5.69 Å². The highest BCUT2D eigenvalue weighted by Gasteiger charge is 2.04. The van der Waals surface area contributed by atoms with Crippen LogP contribution >= 0.6 is 0 Å². The van der Waals surface area contributed by atoms with Crippen molar-refractivity contribution in [2.75, 3.05) is 0 Å². The van der Waals surface area contributed by atoms with Gasteiger partial charge in [-0.3, -0.25) is 4.79 Å². The molecule has 0 saturated carbocycles. The van der Waals surface area contributed by atoms with Crippen molar-refractivity contribution in [3.05, 3.63) is 24.0 Å². The lowest BCUT2D eigenvalue weighted by Crippen LogP contribution is -2.09. The second-order valence-corrected chi connectivity index (χ2v) is 1.62. The first-order valence-corrected chi connectivity index (χ1v) is 2.53. The van der Waals surface area contributed by atoms with Crippen LogP contribution in [-0.4, -0.2) is 22.1 Å². The Labute approximate surface area is 56.7 Å². The molecule has 0 aliphatic rings. The normalized spacial score (nSPS) is 9.20. The van der Waals surface area contributed by atoms with E-state index in [1.54, 1.807) is 0 Å². The molecule has 0 bridgehead atoms. The lowest BCUT2D eigenvalue weighted by atomic mass is 10.5. The third-order valence-electron chi connectivity index (χ3n) is 1.03. The number of nitrogens with zero attached hydrogens (tertiary/aromatic N) is 1. The molecule has 1 aromatic rings. The van der Waals surface area contributed by atoms with Gasteiger partial charge in [0.1, 0.15) is 0 Å². The van der Waals surface area contributed by atoms with E-state index in [0.29, 0.717) is 6.29 Å². The molecular weight excluding hydrogens is 134 g/mol. The Bertz CT molecular complexity index is 264. The van der Waals surface area contributed by atoms with Crippen molar-refractivity contribution in [1.82, 2.24) is 4.57 Å². The number of aromatic nitrogens is 1. The summed E-state index contributed by atoms with van der Waals surface area (Å²) in [5, 5.41) is 8.36. The van der Waals surface area contributed by atoms with Crippen LogP contribution in [0.25, 0.3) is 0 Å². The summed E-state index contributed by atoms with van der Waals surface area (Å²) in [4.78, 5) is 20.3. The summed E-state index contributed by atoms with van der Waals surface area (Å²) in [5.41, 5.74) is 0.0903. The van der Waals surface area contributed by atoms with E-state index in [1.807, 2.05) is 0 Å². The maximum absolute atomic E-state index is 10.2. The number of rotatable bonds is 1. The van der Waals surface area contributed by atoms with Gasteiger partial charge in [0.05, 0.1) is 11.9 Å². The van der Waals surface area contributed by atoms with E-state index in [0.717, 1.165) is 4.57 Å². The molecule has 0 saturated heterocycles. The van der Waals surface area contributed by atoms with Crippen LogP contribution in [0.5, 0.6) is 0 Å². The molecule has 0 aromatic carbocycles. The van der Waals surface area contributed by atoms with Gasteiger partial charge in [0, 0.05) is 0 Å². The first kappa shape index (κ1) is 6.54. The molecule has 10 heavy (non-hydrogen) atoms. The van der Waals surface area contributed by atoms with E-state index in [2.05, 4.69) is 6.20 Å². The SMILES string of the molecule is O=Cc1cc[c]n1C(=O)O. The van der Waals surface area contributed by atoms with Crippen LogP contribution < -0.4 is 0 Å². The predicted molar refractivity (Wildman–Crippen MR) is 32.1 cm³/mol. The molecule has 1 rings (SSSR count). The van der Waals surface area contributed by atoms with Crippen molar-refractivity contribution in [3.63, 3.8) is 0 Å². The van der Waals surface area contributed by atoms with Gasteiger partial charge in [-0.05, 0) is 12.1 Å². The summed E-state index contributed by atoms with van der Waals surface area (Å²) >= 11 is 0. The molecule has 1 radical (unpaired) electrons. The quantitative estimate of drug-likeness (QED) is 0.579. The smallest absolute Gasteiger partial charge is 0.416 e. The molecule has 0 unspecified atom stereocenters. The minimum atomic E-state index is -1.20. The van der Waals surface area contributed by atoms with Crippen molar-refractivity contribution >= 4 is 12.4 Å². The van der Waals surface area contributed by atoms with Gasteiger partial charge in [-0.25, -0.2) is 9.36 Å². The van der Waals surface area contributed by atoms with Crippen LogP contribution in [0.1, 0.15) is 10.5 Å². The molecule has 1 N–H and O–H groups in total. The minimum absolute atomic E-state index is 0.0903. The Hall–Kier alpha value is -1.58. The molecule has 0 atom stereocenters. The highest BCUT2D eigenvalue weighted by Crippen LogP contribution is 1.96. The number of hydrogen-bond donors (Lipinski definition) is 1. The minimum Gasteiger partial charge on any atom is -0.464 e. The van der Waals surface area contributed by atoms with Gasteiger partial charge >= 0.3 is 6.09 Å². The summed E-state index contributed by atoms with van der Waals surface area (Å²) in [6.07, 6.45) is 1.60. The summed E-state index contributed by atoms with van der Waals surface area (Å²) in [6.45, 7) is 0. The van der Waals surface area contributed by atoms with E-state index in [9.17, 15) is 9.59 Å². The fraction of sp³-hybridized carbons (Fsp3) is 0. The van der Waals surface area contributed by atoms with Crippen molar-refractivity contribution in [1.29, 1.82) is 0 Å². The molecule has 0 aliphatic carbocycles. The molecule has 1 aromatic heterocycles. The van der Waals surface area contributed by atoms with Crippen LogP contribution in [0, 0.1) is 6.20 Å². The van der Waals surface area contributed by atoms with E-state index >= 15 is 0 Å². The molecular formula is C6H4NO3. The highest BCUT2D eigenvalue weighted by molar-refractivity contribution is 5.80. The zero-order valence-electron chi connectivity index (χ0n) is 4.94. The van der Waals surface area contributed by atoms with Gasteiger partial charge < -0.3 is 5.11 Å². The van der Waals surface area contributed by atoms with Gasteiger partial charge in [0.25, 0.3) is 0 Å². The molecule has 0 aliphatic heterocycles. The molecule has 0 fully saturated rings. The van der Waals surface area contributed by atoms with Gasteiger partial charge in [-0.15, -0.1) is 0 Å². The Balaban J connectivity index is 3.13. The van der Waals surface area contributed by atoms with Gasteiger partial charge in [0.15, 0.2) is 6.29 Å². The largest absolute Gasteiger partial charge is 0.464 e. The van der Waals surface area contributed by atoms with Crippen molar-refractivity contribution in [2.24, 2.45) is 0 Å². The van der Waals surface area contributed by atoms with Gasteiger partial charge in [-0.2, -0.15) is 0 Å². The van der Waals surface area contributed by atoms with Gasteiger partial charge in [0.2, 0.25) is 0 Å². The lowest BCUT2D eigenvalue weighted by molar-refractivity contribution is 0.111. The number of aldehydes is 1. The van der Waals surface area contributed by atoms with E-state index in [1.165, 1.54) is 12.1 Å². The fourth-order valence-corrected chi connectivity index (χ4v) is 0.604. The summed E-state index contributed by atoms with van der Waals surface area (Å²) < 4.78 is 0.729. The Morgan fingerprint density at radius 2 is 2.50 bits per heavy atom. The number of carbonyl (C=O) groups is 2. The number of hydrogen-bond acceptors (Lipinski definition) is 2. The molecule has 4 nitrogen and oxygen atoms in total. The fourth-order valence-electron chi connectivity index (χ4n) is 0.604. The maximum atomic E-state index is 10.2. The van der Waals surface area contributed by atoms with Crippen LogP contribution in [0.4, 0.5) is 4.79 Å². The average Bonchev–Trinajstić information content (AvgIpc) is 2.33. The first-order valence-electron chi connectivity index (χ1n) is 2.53. The third-order valence-corrected chi connectivity index (χ3v) is 1.03. The second-order valence-electron chi connectivity index (χ2n) is 1.62. The first-order chi connectivity index (χ1) is 4.75. The molecule has 1 heterocycles. The summed E-state index contributed by atoms with van der Waals surface area (Å²) in [5.74, 6) is 0. The second kappa shape index (κ2) is 2.34. The Morgan fingerprint density at radius 1 is 1.80 bits per heavy atom. The maximum Gasteiger partial charge on any atom is 0.416 e. The third kappa shape index (κ3) is 0.907. The number of carbonyl (C=O) groups excluding carboxylic acids is 1. The summed E-state index contributed by atoms with van der Waals surface area (Å²) in [7, 11) is 0. The average molecular weight is 138 g/mol. The zero-order chi connectivity index (χ0) is 7.56. The van der Waals surface area contributed by atoms with Crippen LogP contribution in [0.15, 0.2) is 12.1 Å². The van der Waals surface area contributed by atoms with E-state index in [4.69, 9.17) is 5.11 Å². The van der Waals surface area contributed by atoms with Crippen molar-refractivity contribution in [2.45, 2.75) is 0 Å². The van der Waals surface area contributed by atoms with Crippen LogP contribution in [-0.2, 0) is 0 Å². The monoisotopic (exact) mass is 138 g/mol. The van der Waals surface area contributed by atoms with E-state index < -0.39 is 6.09 Å². The van der Waals surface area contributed by atoms with Crippen molar-refractivity contribution in [3.8, 4) is 0 Å². The molecule has 51 valence electrons. The summed E-state index contributed by atoms with van der Waals surface area (Å²) in [6, 6.07) is 2.75. The van der Waals surface area contributed by atoms with Gasteiger partial charge in [-0.1, -0.05) is 0 Å².